The number of nitrogens with one attached hydrogen (secondary N) is 4. The van der Waals surface area contributed by atoms with Crippen LogP contribution < -0.4 is 10.6 Å². The lowest BCUT2D eigenvalue weighted by Gasteiger charge is -2.29. The van der Waals surface area contributed by atoms with E-state index in [9.17, 15) is 4.79 Å². The highest BCUT2D eigenvalue weighted by atomic mass is 16.1. The van der Waals surface area contributed by atoms with Gasteiger partial charge in [-0.15, -0.1) is 0 Å². The summed E-state index contributed by atoms with van der Waals surface area (Å²) >= 11 is 0. The number of nitrogens with zero attached hydrogens (tertiary/aromatic N) is 3. The molecule has 0 saturated carbocycles. The summed E-state index contributed by atoms with van der Waals surface area (Å²) in [6, 6.07) is 17.5. The quantitative estimate of drug-likeness (QED) is 0.399. The molecule has 2 aromatic carbocycles. The van der Waals surface area contributed by atoms with Crippen LogP contribution >= 0.6 is 0 Å². The Morgan fingerprint density at radius 1 is 1.10 bits per heavy atom. The van der Waals surface area contributed by atoms with Gasteiger partial charge in [0.05, 0.1) is 11.0 Å². The summed E-state index contributed by atoms with van der Waals surface area (Å²) in [6.07, 6.45) is 1.99. The van der Waals surface area contributed by atoms with Gasteiger partial charge in [0.2, 0.25) is 0 Å². The minimum Gasteiger partial charge on any atom is -0.349 e. The molecule has 158 valence electrons. The lowest BCUT2D eigenvalue weighted by atomic mass is 10.0. The first-order valence-corrected chi connectivity index (χ1v) is 10.5. The highest BCUT2D eigenvalue weighted by Crippen LogP contribution is 2.23. The smallest absolute Gasteiger partial charge is 0.251 e. The molecule has 1 amide bonds. The molecule has 4 aromatic rings. The second kappa shape index (κ2) is 8.23. The molecule has 0 atom stereocenters. The zero-order valence-electron chi connectivity index (χ0n) is 17.4. The molecule has 0 unspecified atom stereocenters. The number of amides is 1. The van der Waals surface area contributed by atoms with E-state index in [2.05, 4.69) is 42.7 Å². The van der Waals surface area contributed by atoms with Crippen molar-refractivity contribution in [1.29, 1.82) is 0 Å². The number of likely N-dealkylation sites (tertiary alicyclic amines) is 1. The molecule has 1 aliphatic rings. The Labute approximate surface area is 180 Å². The Bertz CT molecular complexity index is 1150. The SMILES string of the molecule is CN1CCC(NC(=O)c2ccc(Nc3cc(-c4nc5ccccc5[nH]4)[nH]n3)cc2)CC1. The van der Waals surface area contributed by atoms with Gasteiger partial charge in [0.15, 0.2) is 11.6 Å². The number of hydrogen-bond acceptors (Lipinski definition) is 5. The summed E-state index contributed by atoms with van der Waals surface area (Å²) in [6.45, 7) is 2.04. The molecule has 2 aromatic heterocycles. The topological polar surface area (TPSA) is 102 Å². The van der Waals surface area contributed by atoms with Gasteiger partial charge in [0.1, 0.15) is 5.69 Å². The summed E-state index contributed by atoms with van der Waals surface area (Å²) in [5.74, 6) is 1.40. The number of H-pyrrole nitrogens is 2. The van der Waals surface area contributed by atoms with Gasteiger partial charge in [0, 0.05) is 23.4 Å². The van der Waals surface area contributed by atoms with Crippen molar-refractivity contribution in [3.8, 4) is 11.5 Å². The number of aromatic nitrogens is 4. The summed E-state index contributed by atoms with van der Waals surface area (Å²) in [4.78, 5) is 22.7. The van der Waals surface area contributed by atoms with E-state index in [-0.39, 0.29) is 11.9 Å². The van der Waals surface area contributed by atoms with Gasteiger partial charge in [-0.25, -0.2) is 4.98 Å². The fraction of sp³-hybridized carbons (Fsp3) is 0.261. The van der Waals surface area contributed by atoms with E-state index in [1.54, 1.807) is 0 Å². The number of fused-ring (bicyclic) bond motifs is 1. The van der Waals surface area contributed by atoms with Crippen LogP contribution in [-0.4, -0.2) is 57.2 Å². The zero-order valence-corrected chi connectivity index (χ0v) is 17.4. The van der Waals surface area contributed by atoms with E-state index in [1.165, 1.54) is 0 Å². The normalized spacial score (nSPS) is 15.3. The van der Waals surface area contributed by atoms with E-state index in [0.717, 1.165) is 54.2 Å². The highest BCUT2D eigenvalue weighted by Gasteiger charge is 2.19. The number of hydrogen-bond donors (Lipinski definition) is 4. The fourth-order valence-electron chi connectivity index (χ4n) is 3.86. The first kappa shape index (κ1) is 19.3. The standard InChI is InChI=1S/C23H25N7O/c1-30-12-10-17(11-13-30)25-23(31)15-6-8-16(9-7-15)24-21-14-20(28-29-21)22-26-18-4-2-3-5-19(18)27-22/h2-9,14,17H,10-13H2,1H3,(H,25,31)(H,26,27)(H2,24,28,29). The van der Waals surface area contributed by atoms with Crippen molar-refractivity contribution >= 4 is 28.4 Å². The molecule has 4 N–H and O–H groups in total. The Balaban J connectivity index is 1.22. The van der Waals surface area contributed by atoms with Crippen LogP contribution in [0.1, 0.15) is 23.2 Å². The second-order valence-corrected chi connectivity index (χ2v) is 8.02. The van der Waals surface area contributed by atoms with Gasteiger partial charge in [-0.2, -0.15) is 5.10 Å². The first-order chi connectivity index (χ1) is 15.1. The van der Waals surface area contributed by atoms with E-state index < -0.39 is 0 Å². The Hall–Kier alpha value is -3.65. The van der Waals surface area contributed by atoms with Crippen LogP contribution in [0.25, 0.3) is 22.6 Å². The largest absolute Gasteiger partial charge is 0.349 e. The van der Waals surface area contributed by atoms with Crippen molar-refractivity contribution in [2.45, 2.75) is 18.9 Å². The Morgan fingerprint density at radius 3 is 2.65 bits per heavy atom. The lowest BCUT2D eigenvalue weighted by molar-refractivity contribution is 0.0917. The van der Waals surface area contributed by atoms with Crippen molar-refractivity contribution in [3.05, 3.63) is 60.2 Å². The number of rotatable bonds is 5. The van der Waals surface area contributed by atoms with Gasteiger partial charge in [-0.3, -0.25) is 9.89 Å². The third kappa shape index (κ3) is 4.29. The van der Waals surface area contributed by atoms with Gasteiger partial charge < -0.3 is 20.5 Å². The van der Waals surface area contributed by atoms with Crippen LogP contribution in [-0.2, 0) is 0 Å². The van der Waals surface area contributed by atoms with Crippen molar-refractivity contribution in [2.75, 3.05) is 25.5 Å². The first-order valence-electron chi connectivity index (χ1n) is 10.5. The number of carbonyl (C=O) groups excluding carboxylic acids is 1. The predicted molar refractivity (Wildman–Crippen MR) is 121 cm³/mol. The molecule has 0 aliphatic carbocycles. The number of aromatic amines is 2. The molecule has 3 heterocycles. The molecule has 5 rings (SSSR count). The molecular formula is C23H25N7O. The molecule has 8 nitrogen and oxygen atoms in total. The van der Waals surface area contributed by atoms with Crippen LogP contribution in [0.5, 0.6) is 0 Å². The molecule has 8 heteroatoms. The van der Waals surface area contributed by atoms with Crippen LogP contribution in [0.3, 0.4) is 0 Å². The molecule has 1 fully saturated rings. The predicted octanol–water partition coefficient (Wildman–Crippen LogP) is 3.52. The highest BCUT2D eigenvalue weighted by molar-refractivity contribution is 5.94. The molecule has 31 heavy (non-hydrogen) atoms. The van der Waals surface area contributed by atoms with Crippen LogP contribution in [0.4, 0.5) is 11.5 Å². The molecule has 0 radical (unpaired) electrons. The van der Waals surface area contributed by atoms with E-state index >= 15 is 0 Å². The van der Waals surface area contributed by atoms with Crippen LogP contribution in [0, 0.1) is 0 Å². The average molecular weight is 416 g/mol. The van der Waals surface area contributed by atoms with Crippen LogP contribution in [0.2, 0.25) is 0 Å². The number of imidazole rings is 1. The van der Waals surface area contributed by atoms with Crippen molar-refractivity contribution < 1.29 is 4.79 Å². The molecule has 0 spiro atoms. The monoisotopic (exact) mass is 415 g/mol. The summed E-state index contributed by atoms with van der Waals surface area (Å²) in [7, 11) is 2.11. The third-order valence-electron chi connectivity index (χ3n) is 5.70. The van der Waals surface area contributed by atoms with E-state index in [0.29, 0.717) is 11.4 Å². The Kier molecular flexibility index (Phi) is 5.13. The van der Waals surface area contributed by atoms with Gasteiger partial charge in [-0.1, -0.05) is 12.1 Å². The zero-order chi connectivity index (χ0) is 21.2. The number of anilines is 2. The maximum atomic E-state index is 12.5. The Morgan fingerprint density at radius 2 is 1.87 bits per heavy atom. The van der Waals surface area contributed by atoms with E-state index in [1.807, 2.05) is 54.6 Å². The molecule has 1 aliphatic heterocycles. The van der Waals surface area contributed by atoms with E-state index in [4.69, 9.17) is 0 Å². The summed E-state index contributed by atoms with van der Waals surface area (Å²) in [5.41, 5.74) is 4.22. The molecular weight excluding hydrogens is 390 g/mol. The maximum Gasteiger partial charge on any atom is 0.251 e. The molecule has 0 bridgehead atoms. The van der Waals surface area contributed by atoms with Gasteiger partial charge >= 0.3 is 0 Å². The fourth-order valence-corrected chi connectivity index (χ4v) is 3.86. The maximum absolute atomic E-state index is 12.5. The van der Waals surface area contributed by atoms with Gasteiger partial charge in [0.25, 0.3) is 5.91 Å². The minimum atomic E-state index is -0.0203. The van der Waals surface area contributed by atoms with Crippen LogP contribution in [0.15, 0.2) is 54.6 Å². The van der Waals surface area contributed by atoms with Crippen molar-refractivity contribution in [2.24, 2.45) is 0 Å². The minimum absolute atomic E-state index is 0.0203. The number of piperidine rings is 1. The molecule has 1 saturated heterocycles. The average Bonchev–Trinajstić information content (AvgIpc) is 3.42. The number of benzene rings is 2. The number of para-hydroxylation sites is 2. The van der Waals surface area contributed by atoms with Crippen molar-refractivity contribution in [3.63, 3.8) is 0 Å². The lowest BCUT2D eigenvalue weighted by Crippen LogP contribution is -2.43. The van der Waals surface area contributed by atoms with Crippen molar-refractivity contribution in [1.82, 2.24) is 30.4 Å². The summed E-state index contributed by atoms with van der Waals surface area (Å²) in [5, 5.41) is 13.7. The van der Waals surface area contributed by atoms with Gasteiger partial charge in [-0.05, 0) is 69.4 Å². The number of carbonyl (C=O) groups is 1. The third-order valence-corrected chi connectivity index (χ3v) is 5.70. The second-order valence-electron chi connectivity index (χ2n) is 8.02. The summed E-state index contributed by atoms with van der Waals surface area (Å²) < 4.78 is 0.